The fraction of sp³-hybridized carbons (Fsp3) is 0.500. The van der Waals surface area contributed by atoms with Gasteiger partial charge in [0, 0.05) is 23.7 Å². The van der Waals surface area contributed by atoms with Gasteiger partial charge in [0.15, 0.2) is 5.13 Å². The van der Waals surface area contributed by atoms with Crippen molar-refractivity contribution in [3.63, 3.8) is 0 Å². The molecular formula is C16H23N3OS. The van der Waals surface area contributed by atoms with E-state index in [-0.39, 0.29) is 11.6 Å². The van der Waals surface area contributed by atoms with Crippen LogP contribution in [0.2, 0.25) is 0 Å². The summed E-state index contributed by atoms with van der Waals surface area (Å²) in [4.78, 5) is 17.1. The average molecular weight is 305 g/mol. The molecule has 1 N–H and O–H groups in total. The number of anilines is 1. The van der Waals surface area contributed by atoms with E-state index in [0.717, 1.165) is 23.7 Å². The second-order valence-electron chi connectivity index (χ2n) is 5.38. The Morgan fingerprint density at radius 3 is 2.76 bits per heavy atom. The van der Waals surface area contributed by atoms with E-state index < -0.39 is 0 Å². The van der Waals surface area contributed by atoms with Crippen LogP contribution >= 0.6 is 11.3 Å². The summed E-state index contributed by atoms with van der Waals surface area (Å²) in [5.74, 6) is 0. The van der Waals surface area contributed by atoms with Crippen molar-refractivity contribution in [2.75, 3.05) is 5.32 Å². The largest absolute Gasteiger partial charge is 0.359 e. The van der Waals surface area contributed by atoms with E-state index in [4.69, 9.17) is 0 Å². The summed E-state index contributed by atoms with van der Waals surface area (Å²) in [5, 5.41) is 6.17. The number of aromatic nitrogens is 2. The molecule has 5 heteroatoms. The molecule has 0 amide bonds. The van der Waals surface area contributed by atoms with Crippen LogP contribution in [0.25, 0.3) is 11.3 Å². The highest BCUT2D eigenvalue weighted by molar-refractivity contribution is 7.14. The molecule has 2 heterocycles. The van der Waals surface area contributed by atoms with Crippen LogP contribution in [0.5, 0.6) is 0 Å². The minimum atomic E-state index is 0.0345. The third-order valence-electron chi connectivity index (χ3n) is 3.80. The second kappa shape index (κ2) is 6.89. The fourth-order valence-electron chi connectivity index (χ4n) is 2.03. The van der Waals surface area contributed by atoms with Gasteiger partial charge in [-0.3, -0.25) is 4.79 Å². The summed E-state index contributed by atoms with van der Waals surface area (Å²) in [6.07, 6.45) is 3.83. The molecule has 0 bridgehead atoms. The van der Waals surface area contributed by atoms with Gasteiger partial charge in [-0.25, -0.2) is 4.98 Å². The summed E-state index contributed by atoms with van der Waals surface area (Å²) in [6.45, 7) is 8.40. The smallest absolute Gasteiger partial charge is 0.260 e. The monoisotopic (exact) mass is 305 g/mol. The topological polar surface area (TPSA) is 46.9 Å². The SMILES string of the molecule is CCC(C)Nc1nc(-c2cccn(C(C)CC)c2=O)cs1. The lowest BCUT2D eigenvalue weighted by atomic mass is 10.2. The number of hydrogen-bond donors (Lipinski definition) is 1. The minimum absolute atomic E-state index is 0.0345. The van der Waals surface area contributed by atoms with Gasteiger partial charge in [-0.05, 0) is 38.8 Å². The van der Waals surface area contributed by atoms with Gasteiger partial charge in [0.2, 0.25) is 0 Å². The Hall–Kier alpha value is -1.62. The molecule has 2 rings (SSSR count). The molecule has 21 heavy (non-hydrogen) atoms. The molecule has 4 nitrogen and oxygen atoms in total. The molecule has 2 atom stereocenters. The van der Waals surface area contributed by atoms with Crippen molar-refractivity contribution in [1.29, 1.82) is 0 Å². The predicted octanol–water partition coefficient (Wildman–Crippen LogP) is 4.15. The van der Waals surface area contributed by atoms with Crippen molar-refractivity contribution in [1.82, 2.24) is 9.55 Å². The van der Waals surface area contributed by atoms with Crippen LogP contribution < -0.4 is 10.9 Å². The zero-order valence-electron chi connectivity index (χ0n) is 13.1. The maximum absolute atomic E-state index is 12.6. The molecule has 114 valence electrons. The van der Waals surface area contributed by atoms with E-state index in [2.05, 4.69) is 38.0 Å². The Kier molecular flexibility index (Phi) is 5.17. The van der Waals surface area contributed by atoms with Crippen molar-refractivity contribution < 1.29 is 0 Å². The molecule has 2 aromatic heterocycles. The summed E-state index contributed by atoms with van der Waals surface area (Å²) >= 11 is 1.55. The zero-order chi connectivity index (χ0) is 15.4. The Labute approximate surface area is 129 Å². The van der Waals surface area contributed by atoms with Crippen molar-refractivity contribution in [3.8, 4) is 11.3 Å². The van der Waals surface area contributed by atoms with Gasteiger partial charge in [0.25, 0.3) is 5.56 Å². The molecule has 0 aliphatic rings. The van der Waals surface area contributed by atoms with E-state index in [1.54, 1.807) is 15.9 Å². The Morgan fingerprint density at radius 1 is 1.33 bits per heavy atom. The number of nitrogens with one attached hydrogen (secondary N) is 1. The Bertz CT molecular complexity index is 647. The minimum Gasteiger partial charge on any atom is -0.359 e. The molecule has 0 fully saturated rings. The molecule has 2 unspecified atom stereocenters. The molecule has 0 spiro atoms. The van der Waals surface area contributed by atoms with Crippen molar-refractivity contribution in [2.24, 2.45) is 0 Å². The first-order chi connectivity index (χ1) is 10.1. The van der Waals surface area contributed by atoms with Crippen LogP contribution in [0.4, 0.5) is 5.13 Å². The first-order valence-electron chi connectivity index (χ1n) is 7.50. The third kappa shape index (κ3) is 3.53. The van der Waals surface area contributed by atoms with Gasteiger partial charge >= 0.3 is 0 Å². The average Bonchev–Trinajstić information content (AvgIpc) is 2.94. The van der Waals surface area contributed by atoms with Crippen LogP contribution in [0.1, 0.15) is 46.6 Å². The number of nitrogens with zero attached hydrogens (tertiary/aromatic N) is 2. The highest BCUT2D eigenvalue weighted by atomic mass is 32.1. The Morgan fingerprint density at radius 2 is 2.10 bits per heavy atom. The van der Waals surface area contributed by atoms with Gasteiger partial charge in [-0.1, -0.05) is 13.8 Å². The van der Waals surface area contributed by atoms with E-state index >= 15 is 0 Å². The number of thiazole rings is 1. The van der Waals surface area contributed by atoms with Crippen molar-refractivity contribution in [2.45, 2.75) is 52.6 Å². The maximum atomic E-state index is 12.6. The summed E-state index contributed by atoms with van der Waals surface area (Å²) in [6, 6.07) is 4.36. The number of rotatable bonds is 6. The number of hydrogen-bond acceptors (Lipinski definition) is 4. The molecule has 0 saturated carbocycles. The first kappa shape index (κ1) is 15.8. The van der Waals surface area contributed by atoms with Gasteiger partial charge in [-0.2, -0.15) is 0 Å². The molecule has 0 radical (unpaired) electrons. The standard InChI is InChI=1S/C16H23N3OS/c1-5-11(3)17-16-18-14(10-21-16)13-8-7-9-19(15(13)20)12(4)6-2/h7-12H,5-6H2,1-4H3,(H,17,18). The highest BCUT2D eigenvalue weighted by Gasteiger charge is 2.12. The van der Waals surface area contributed by atoms with E-state index in [0.29, 0.717) is 11.6 Å². The van der Waals surface area contributed by atoms with Crippen LogP contribution in [0.3, 0.4) is 0 Å². The van der Waals surface area contributed by atoms with Gasteiger partial charge in [-0.15, -0.1) is 11.3 Å². The van der Waals surface area contributed by atoms with Gasteiger partial charge in [0.1, 0.15) is 0 Å². The molecular weight excluding hydrogens is 282 g/mol. The van der Waals surface area contributed by atoms with Crippen molar-refractivity contribution in [3.05, 3.63) is 34.1 Å². The molecule has 0 aliphatic carbocycles. The maximum Gasteiger partial charge on any atom is 0.260 e. The van der Waals surface area contributed by atoms with Crippen molar-refractivity contribution >= 4 is 16.5 Å². The molecule has 0 aliphatic heterocycles. The fourth-order valence-corrected chi connectivity index (χ4v) is 2.85. The first-order valence-corrected chi connectivity index (χ1v) is 8.38. The van der Waals surface area contributed by atoms with E-state index in [9.17, 15) is 4.79 Å². The second-order valence-corrected chi connectivity index (χ2v) is 6.24. The molecule has 0 aromatic carbocycles. The third-order valence-corrected chi connectivity index (χ3v) is 4.58. The highest BCUT2D eigenvalue weighted by Crippen LogP contribution is 2.23. The summed E-state index contributed by atoms with van der Waals surface area (Å²) in [5.41, 5.74) is 1.46. The van der Waals surface area contributed by atoms with Gasteiger partial charge in [0.05, 0.1) is 11.3 Å². The quantitative estimate of drug-likeness (QED) is 0.872. The molecule has 2 aromatic rings. The number of pyridine rings is 1. The van der Waals surface area contributed by atoms with Crippen LogP contribution in [0.15, 0.2) is 28.5 Å². The molecule has 0 saturated heterocycles. The Balaban J connectivity index is 2.33. The normalized spacial score (nSPS) is 13.9. The van der Waals surface area contributed by atoms with Crippen LogP contribution in [-0.4, -0.2) is 15.6 Å². The van der Waals surface area contributed by atoms with E-state index in [1.165, 1.54) is 0 Å². The predicted molar refractivity (Wildman–Crippen MR) is 90.2 cm³/mol. The zero-order valence-corrected chi connectivity index (χ0v) is 13.9. The van der Waals surface area contributed by atoms with Crippen LogP contribution in [0, 0.1) is 0 Å². The lowest BCUT2D eigenvalue weighted by Crippen LogP contribution is -2.23. The summed E-state index contributed by atoms with van der Waals surface area (Å²) < 4.78 is 1.79. The lowest BCUT2D eigenvalue weighted by Gasteiger charge is -2.13. The summed E-state index contributed by atoms with van der Waals surface area (Å²) in [7, 11) is 0. The van der Waals surface area contributed by atoms with Gasteiger partial charge < -0.3 is 9.88 Å². The van der Waals surface area contributed by atoms with E-state index in [1.807, 2.05) is 23.7 Å². The lowest BCUT2D eigenvalue weighted by molar-refractivity contribution is 0.515. The van der Waals surface area contributed by atoms with Crippen LogP contribution in [-0.2, 0) is 0 Å².